The van der Waals surface area contributed by atoms with Crippen molar-refractivity contribution in [1.29, 1.82) is 0 Å². The maximum absolute atomic E-state index is 13.2. The first-order valence-corrected chi connectivity index (χ1v) is 12.2. The summed E-state index contributed by atoms with van der Waals surface area (Å²) in [6.07, 6.45) is 0.296. The largest absolute Gasteiger partial charge is 0.445 e. The van der Waals surface area contributed by atoms with E-state index in [-0.39, 0.29) is 12.0 Å². The van der Waals surface area contributed by atoms with Gasteiger partial charge in [-0.3, -0.25) is 4.79 Å². The number of fused-ring (bicyclic) bond motifs is 2. The van der Waals surface area contributed by atoms with Gasteiger partial charge in [0, 0.05) is 41.1 Å². The highest BCUT2D eigenvalue weighted by molar-refractivity contribution is 9.10. The van der Waals surface area contributed by atoms with Crippen LogP contribution in [-0.4, -0.2) is 50.2 Å². The van der Waals surface area contributed by atoms with Crippen LogP contribution in [0.25, 0.3) is 33.5 Å². The highest BCUT2D eigenvalue weighted by Crippen LogP contribution is 2.32. The summed E-state index contributed by atoms with van der Waals surface area (Å²) in [6.45, 7) is 3.90. The van der Waals surface area contributed by atoms with Gasteiger partial charge in [-0.25, -0.2) is 9.78 Å². The number of ether oxygens (including phenoxy) is 1. The minimum absolute atomic E-state index is 0.0978. The van der Waals surface area contributed by atoms with Gasteiger partial charge in [0.05, 0.1) is 23.3 Å². The molecule has 0 bridgehead atoms. The molecular formula is C25H26BrN5O3. The molecule has 0 saturated carbocycles. The van der Waals surface area contributed by atoms with Gasteiger partial charge in [0.2, 0.25) is 0 Å². The molecule has 1 aliphatic rings. The Morgan fingerprint density at radius 3 is 2.76 bits per heavy atom. The molecule has 1 atom stereocenters. The SMILES string of the molecule is CCn1c(-c2nc3cc(C(=O)N4CCC[C@@H](OC(N)=O)C4)ccc3n2C)cc2ccc(Br)cc21. The van der Waals surface area contributed by atoms with Gasteiger partial charge in [-0.1, -0.05) is 22.0 Å². The number of aryl methyl sites for hydroxylation is 2. The van der Waals surface area contributed by atoms with Crippen LogP contribution in [0.5, 0.6) is 0 Å². The zero-order valence-electron chi connectivity index (χ0n) is 19.1. The molecule has 0 spiro atoms. The van der Waals surface area contributed by atoms with E-state index in [1.807, 2.05) is 31.3 Å². The molecule has 176 valence electrons. The number of amides is 2. The van der Waals surface area contributed by atoms with Crippen LogP contribution in [-0.2, 0) is 18.3 Å². The van der Waals surface area contributed by atoms with Gasteiger partial charge in [0.25, 0.3) is 5.91 Å². The second-order valence-electron chi connectivity index (χ2n) is 8.63. The standard InChI is InChI=1S/C25H26BrN5O3/c1-3-31-21-13-17(26)8-6-15(21)12-22(31)23-28-19-11-16(7-9-20(19)29(23)2)24(32)30-10-4-5-18(14-30)34-25(27)33/h6-9,11-13,18H,3-5,10,14H2,1-2H3,(H2,27,33)/t18-/m1/s1. The number of piperidine rings is 1. The molecule has 0 aliphatic carbocycles. The van der Waals surface area contributed by atoms with E-state index in [4.69, 9.17) is 15.5 Å². The van der Waals surface area contributed by atoms with Crippen molar-refractivity contribution in [3.63, 3.8) is 0 Å². The summed E-state index contributed by atoms with van der Waals surface area (Å²) in [6, 6.07) is 14.0. The van der Waals surface area contributed by atoms with Crippen LogP contribution in [0.4, 0.5) is 4.79 Å². The predicted octanol–water partition coefficient (Wildman–Crippen LogP) is 4.68. The van der Waals surface area contributed by atoms with Crippen LogP contribution in [0.2, 0.25) is 0 Å². The van der Waals surface area contributed by atoms with Crippen LogP contribution in [0.15, 0.2) is 46.9 Å². The van der Waals surface area contributed by atoms with Crippen molar-refractivity contribution in [2.75, 3.05) is 13.1 Å². The summed E-state index contributed by atoms with van der Waals surface area (Å²) in [5.74, 6) is 0.751. The lowest BCUT2D eigenvalue weighted by Crippen LogP contribution is -2.44. The molecule has 34 heavy (non-hydrogen) atoms. The van der Waals surface area contributed by atoms with Crippen molar-refractivity contribution in [3.05, 3.63) is 52.5 Å². The first kappa shape index (κ1) is 22.5. The lowest BCUT2D eigenvalue weighted by Gasteiger charge is -2.32. The van der Waals surface area contributed by atoms with Crippen LogP contribution in [0, 0.1) is 0 Å². The summed E-state index contributed by atoms with van der Waals surface area (Å²) in [5, 5.41) is 1.15. The summed E-state index contributed by atoms with van der Waals surface area (Å²) in [5.41, 5.74) is 9.62. The highest BCUT2D eigenvalue weighted by atomic mass is 79.9. The normalized spacial score (nSPS) is 16.3. The summed E-state index contributed by atoms with van der Waals surface area (Å²) in [7, 11) is 2.00. The summed E-state index contributed by atoms with van der Waals surface area (Å²) in [4.78, 5) is 31.0. The van der Waals surface area contributed by atoms with E-state index in [1.165, 1.54) is 0 Å². The van der Waals surface area contributed by atoms with Gasteiger partial charge >= 0.3 is 6.09 Å². The van der Waals surface area contributed by atoms with Crippen LogP contribution >= 0.6 is 15.9 Å². The molecule has 1 aliphatic heterocycles. The number of nitrogens with zero attached hydrogens (tertiary/aromatic N) is 4. The number of primary amides is 1. The molecule has 4 aromatic rings. The molecule has 2 N–H and O–H groups in total. The van der Waals surface area contributed by atoms with Crippen molar-refractivity contribution in [3.8, 4) is 11.5 Å². The van der Waals surface area contributed by atoms with E-state index in [0.29, 0.717) is 25.1 Å². The Kier molecular flexibility index (Phi) is 5.81. The number of nitrogens with two attached hydrogens (primary N) is 1. The Bertz CT molecular complexity index is 1420. The van der Waals surface area contributed by atoms with Gasteiger partial charge in [-0.05, 0) is 56.2 Å². The summed E-state index contributed by atoms with van der Waals surface area (Å²) < 4.78 is 10.5. The maximum Gasteiger partial charge on any atom is 0.404 e. The Hall–Kier alpha value is -3.33. The van der Waals surface area contributed by atoms with Crippen LogP contribution in [0.1, 0.15) is 30.1 Å². The number of aromatic nitrogens is 3. The quantitative estimate of drug-likeness (QED) is 0.420. The molecule has 1 saturated heterocycles. The van der Waals surface area contributed by atoms with Gasteiger partial charge in [0.1, 0.15) is 6.10 Å². The number of hydrogen-bond acceptors (Lipinski definition) is 4. The summed E-state index contributed by atoms with van der Waals surface area (Å²) >= 11 is 3.57. The molecule has 2 aromatic heterocycles. The molecule has 1 fully saturated rings. The minimum Gasteiger partial charge on any atom is -0.445 e. The van der Waals surface area contributed by atoms with Crippen molar-refractivity contribution in [1.82, 2.24) is 19.0 Å². The van der Waals surface area contributed by atoms with Crippen LogP contribution in [0.3, 0.4) is 0 Å². The van der Waals surface area contributed by atoms with Crippen molar-refractivity contribution < 1.29 is 14.3 Å². The Balaban J connectivity index is 1.50. The molecule has 2 amide bonds. The monoisotopic (exact) mass is 523 g/mol. The predicted molar refractivity (Wildman–Crippen MR) is 135 cm³/mol. The fraction of sp³-hybridized carbons (Fsp3) is 0.320. The van der Waals surface area contributed by atoms with E-state index in [1.54, 1.807) is 4.90 Å². The third-order valence-corrected chi connectivity index (χ3v) is 6.98. The van der Waals surface area contributed by atoms with Gasteiger partial charge in [-0.15, -0.1) is 0 Å². The first-order valence-electron chi connectivity index (χ1n) is 11.4. The number of rotatable bonds is 4. The Morgan fingerprint density at radius 1 is 1.18 bits per heavy atom. The zero-order valence-corrected chi connectivity index (χ0v) is 20.7. The van der Waals surface area contributed by atoms with Crippen molar-refractivity contribution >= 4 is 49.9 Å². The topological polar surface area (TPSA) is 95.4 Å². The lowest BCUT2D eigenvalue weighted by atomic mass is 10.1. The van der Waals surface area contributed by atoms with E-state index in [2.05, 4.69) is 50.2 Å². The van der Waals surface area contributed by atoms with Crippen LogP contribution < -0.4 is 5.73 Å². The third kappa shape index (κ3) is 3.94. The molecule has 3 heterocycles. The van der Waals surface area contributed by atoms with Gasteiger partial charge < -0.3 is 24.5 Å². The number of imidazole rings is 1. The number of carbonyl (C=O) groups excluding carboxylic acids is 2. The van der Waals surface area contributed by atoms with E-state index < -0.39 is 6.09 Å². The second-order valence-corrected chi connectivity index (χ2v) is 9.54. The Morgan fingerprint density at radius 2 is 2.00 bits per heavy atom. The molecule has 0 unspecified atom stereocenters. The zero-order chi connectivity index (χ0) is 24.0. The van der Waals surface area contributed by atoms with Crippen molar-refractivity contribution in [2.24, 2.45) is 12.8 Å². The number of carbonyl (C=O) groups is 2. The van der Waals surface area contributed by atoms with Crippen molar-refractivity contribution in [2.45, 2.75) is 32.4 Å². The maximum atomic E-state index is 13.2. The molecule has 0 radical (unpaired) electrons. The third-order valence-electron chi connectivity index (χ3n) is 6.49. The second kappa shape index (κ2) is 8.79. The average molecular weight is 524 g/mol. The first-order chi connectivity index (χ1) is 16.4. The Labute approximate surface area is 205 Å². The average Bonchev–Trinajstić information content (AvgIpc) is 3.34. The molecule has 5 rings (SSSR count). The highest BCUT2D eigenvalue weighted by Gasteiger charge is 2.27. The minimum atomic E-state index is -0.807. The van der Waals surface area contributed by atoms with Gasteiger partial charge in [-0.2, -0.15) is 0 Å². The number of likely N-dealkylation sites (tertiary alicyclic amines) is 1. The molecule has 8 nitrogen and oxygen atoms in total. The van der Waals surface area contributed by atoms with E-state index in [9.17, 15) is 9.59 Å². The lowest BCUT2D eigenvalue weighted by molar-refractivity contribution is 0.0373. The fourth-order valence-electron chi connectivity index (χ4n) is 4.88. The van der Waals surface area contributed by atoms with E-state index >= 15 is 0 Å². The molecule has 9 heteroatoms. The van der Waals surface area contributed by atoms with E-state index in [0.717, 1.165) is 50.9 Å². The molecule has 2 aromatic carbocycles. The van der Waals surface area contributed by atoms with Gasteiger partial charge in [0.15, 0.2) is 5.82 Å². The fourth-order valence-corrected chi connectivity index (χ4v) is 5.23. The number of halogens is 1. The number of hydrogen-bond donors (Lipinski definition) is 1. The molecular weight excluding hydrogens is 498 g/mol. The number of benzene rings is 2. The smallest absolute Gasteiger partial charge is 0.404 e.